The highest BCUT2D eigenvalue weighted by Gasteiger charge is 2.16. The molecule has 2 rings (SSSR count). The van der Waals surface area contributed by atoms with Gasteiger partial charge in [0.1, 0.15) is 12.4 Å². The summed E-state index contributed by atoms with van der Waals surface area (Å²) in [5.41, 5.74) is 6.97. The largest absolute Gasteiger partial charge is 0.488 e. The quantitative estimate of drug-likeness (QED) is 0.810. The van der Waals surface area contributed by atoms with Gasteiger partial charge in [0.05, 0.1) is 5.57 Å². The SMILES string of the molecule is Cl.NCCCNC(=O)C1=Cc2ccccc2OC1. The maximum Gasteiger partial charge on any atom is 0.250 e. The van der Waals surface area contributed by atoms with E-state index in [0.29, 0.717) is 25.3 Å². The fraction of sp³-hybridized carbons (Fsp3) is 0.308. The smallest absolute Gasteiger partial charge is 0.250 e. The van der Waals surface area contributed by atoms with Crippen LogP contribution in [0.2, 0.25) is 0 Å². The molecule has 1 aliphatic heterocycles. The number of carbonyl (C=O) groups is 1. The highest BCUT2D eigenvalue weighted by Crippen LogP contribution is 2.25. The minimum atomic E-state index is -0.0760. The molecule has 0 saturated carbocycles. The van der Waals surface area contributed by atoms with E-state index in [9.17, 15) is 4.79 Å². The zero-order chi connectivity index (χ0) is 12.1. The monoisotopic (exact) mass is 268 g/mol. The first kappa shape index (κ1) is 14.5. The molecule has 1 aliphatic rings. The Labute approximate surface area is 113 Å². The van der Waals surface area contributed by atoms with Crippen LogP contribution in [0.25, 0.3) is 6.08 Å². The van der Waals surface area contributed by atoms with Crippen molar-refractivity contribution in [3.63, 3.8) is 0 Å². The number of nitrogens with two attached hydrogens (primary N) is 1. The van der Waals surface area contributed by atoms with Gasteiger partial charge in [0.2, 0.25) is 0 Å². The molecule has 0 aromatic heterocycles. The summed E-state index contributed by atoms with van der Waals surface area (Å²) in [4.78, 5) is 11.8. The van der Waals surface area contributed by atoms with Crippen LogP contribution >= 0.6 is 12.4 Å². The van der Waals surface area contributed by atoms with Gasteiger partial charge in [-0.3, -0.25) is 4.79 Å². The first-order valence-corrected chi connectivity index (χ1v) is 5.72. The van der Waals surface area contributed by atoms with Crippen molar-refractivity contribution in [3.8, 4) is 5.75 Å². The average Bonchev–Trinajstić information content (AvgIpc) is 2.38. The van der Waals surface area contributed by atoms with Crippen molar-refractivity contribution < 1.29 is 9.53 Å². The molecule has 0 saturated heterocycles. The van der Waals surface area contributed by atoms with E-state index in [1.807, 2.05) is 30.3 Å². The second kappa shape index (κ2) is 7.03. The molecule has 18 heavy (non-hydrogen) atoms. The van der Waals surface area contributed by atoms with Crippen LogP contribution in [0, 0.1) is 0 Å². The van der Waals surface area contributed by atoms with Gasteiger partial charge in [-0.05, 0) is 25.1 Å². The highest BCUT2D eigenvalue weighted by atomic mass is 35.5. The number of halogens is 1. The Balaban J connectivity index is 0.00000162. The molecule has 0 unspecified atom stereocenters. The molecule has 5 heteroatoms. The highest BCUT2D eigenvalue weighted by molar-refractivity contribution is 5.99. The number of ether oxygens (including phenoxy) is 1. The van der Waals surface area contributed by atoms with Crippen LogP contribution in [0.5, 0.6) is 5.75 Å². The summed E-state index contributed by atoms with van der Waals surface area (Å²) >= 11 is 0. The van der Waals surface area contributed by atoms with E-state index in [1.54, 1.807) is 0 Å². The van der Waals surface area contributed by atoms with Crippen molar-refractivity contribution in [2.75, 3.05) is 19.7 Å². The maximum absolute atomic E-state index is 11.8. The minimum absolute atomic E-state index is 0. The molecule has 0 radical (unpaired) electrons. The fourth-order valence-electron chi connectivity index (χ4n) is 1.66. The Morgan fingerprint density at radius 2 is 2.17 bits per heavy atom. The van der Waals surface area contributed by atoms with Crippen LogP contribution in [0.15, 0.2) is 29.8 Å². The normalized spacial score (nSPS) is 12.6. The van der Waals surface area contributed by atoms with Gasteiger partial charge in [0.25, 0.3) is 5.91 Å². The van der Waals surface area contributed by atoms with E-state index in [4.69, 9.17) is 10.5 Å². The average molecular weight is 269 g/mol. The summed E-state index contributed by atoms with van der Waals surface area (Å²) in [5, 5.41) is 2.82. The Hall–Kier alpha value is -1.52. The third-order valence-corrected chi connectivity index (χ3v) is 2.59. The fourth-order valence-corrected chi connectivity index (χ4v) is 1.66. The van der Waals surface area contributed by atoms with Gasteiger partial charge in [-0.1, -0.05) is 18.2 Å². The summed E-state index contributed by atoms with van der Waals surface area (Å²) in [5.74, 6) is 0.749. The van der Waals surface area contributed by atoms with E-state index >= 15 is 0 Å². The van der Waals surface area contributed by atoms with E-state index < -0.39 is 0 Å². The number of para-hydroxylation sites is 1. The van der Waals surface area contributed by atoms with Crippen LogP contribution in [0.1, 0.15) is 12.0 Å². The van der Waals surface area contributed by atoms with Crippen LogP contribution < -0.4 is 15.8 Å². The summed E-state index contributed by atoms with van der Waals surface area (Å²) in [6.45, 7) is 1.51. The third kappa shape index (κ3) is 3.48. The molecule has 1 heterocycles. The molecule has 98 valence electrons. The van der Waals surface area contributed by atoms with Crippen molar-refractivity contribution in [1.82, 2.24) is 5.32 Å². The van der Waals surface area contributed by atoms with Gasteiger partial charge in [0, 0.05) is 12.1 Å². The predicted molar refractivity (Wildman–Crippen MR) is 73.8 cm³/mol. The van der Waals surface area contributed by atoms with Gasteiger partial charge in [0.15, 0.2) is 0 Å². The number of hydrogen-bond acceptors (Lipinski definition) is 3. The molecule has 3 N–H and O–H groups in total. The second-order valence-corrected chi connectivity index (χ2v) is 3.89. The van der Waals surface area contributed by atoms with Crippen molar-refractivity contribution >= 4 is 24.4 Å². The molecular formula is C13H17ClN2O2. The van der Waals surface area contributed by atoms with Gasteiger partial charge in [-0.2, -0.15) is 0 Å². The van der Waals surface area contributed by atoms with E-state index in [2.05, 4.69) is 5.32 Å². The Morgan fingerprint density at radius 1 is 1.39 bits per heavy atom. The molecule has 1 aromatic carbocycles. The first-order valence-electron chi connectivity index (χ1n) is 5.72. The molecule has 0 spiro atoms. The molecule has 0 aliphatic carbocycles. The van der Waals surface area contributed by atoms with Gasteiger partial charge < -0.3 is 15.8 Å². The number of hydrogen-bond donors (Lipinski definition) is 2. The molecule has 0 atom stereocenters. The van der Waals surface area contributed by atoms with E-state index in [1.165, 1.54) is 0 Å². The number of benzene rings is 1. The van der Waals surface area contributed by atoms with Crippen LogP contribution in [-0.4, -0.2) is 25.6 Å². The van der Waals surface area contributed by atoms with Crippen LogP contribution in [0.4, 0.5) is 0 Å². The van der Waals surface area contributed by atoms with E-state index in [-0.39, 0.29) is 18.3 Å². The third-order valence-electron chi connectivity index (χ3n) is 2.59. The topological polar surface area (TPSA) is 64.3 Å². The lowest BCUT2D eigenvalue weighted by molar-refractivity contribution is -0.117. The summed E-state index contributed by atoms with van der Waals surface area (Å²) in [6, 6.07) is 7.67. The number of rotatable bonds is 4. The predicted octanol–water partition coefficient (Wildman–Crippen LogP) is 1.35. The van der Waals surface area contributed by atoms with Crippen molar-refractivity contribution in [2.45, 2.75) is 6.42 Å². The van der Waals surface area contributed by atoms with Gasteiger partial charge in [-0.25, -0.2) is 0 Å². The first-order chi connectivity index (χ1) is 8.31. The molecule has 0 fully saturated rings. The Morgan fingerprint density at radius 3 is 2.94 bits per heavy atom. The minimum Gasteiger partial charge on any atom is -0.488 e. The summed E-state index contributed by atoms with van der Waals surface area (Å²) in [7, 11) is 0. The summed E-state index contributed by atoms with van der Waals surface area (Å²) in [6.07, 6.45) is 2.66. The number of amides is 1. The number of carbonyl (C=O) groups excluding carboxylic acids is 1. The number of nitrogens with one attached hydrogen (secondary N) is 1. The van der Waals surface area contributed by atoms with Gasteiger partial charge in [-0.15, -0.1) is 12.4 Å². The number of fused-ring (bicyclic) bond motifs is 1. The Kier molecular flexibility index (Phi) is 5.68. The van der Waals surface area contributed by atoms with E-state index in [0.717, 1.165) is 17.7 Å². The standard InChI is InChI=1S/C13H16N2O2.ClH/c14-6-3-7-15-13(16)11-8-10-4-1-2-5-12(10)17-9-11;/h1-2,4-5,8H,3,6-7,9,14H2,(H,15,16);1H. The van der Waals surface area contributed by atoms with Gasteiger partial charge >= 0.3 is 0 Å². The lowest BCUT2D eigenvalue weighted by Gasteiger charge is -2.17. The zero-order valence-electron chi connectivity index (χ0n) is 10.0. The van der Waals surface area contributed by atoms with Crippen molar-refractivity contribution in [2.24, 2.45) is 5.73 Å². The lowest BCUT2D eigenvalue weighted by atomic mass is 10.1. The molecule has 4 nitrogen and oxygen atoms in total. The lowest BCUT2D eigenvalue weighted by Crippen LogP contribution is -2.30. The van der Waals surface area contributed by atoms with Crippen molar-refractivity contribution in [1.29, 1.82) is 0 Å². The zero-order valence-corrected chi connectivity index (χ0v) is 10.8. The molecular weight excluding hydrogens is 252 g/mol. The van der Waals surface area contributed by atoms with Crippen LogP contribution in [-0.2, 0) is 4.79 Å². The molecule has 1 amide bonds. The van der Waals surface area contributed by atoms with Crippen LogP contribution in [0.3, 0.4) is 0 Å². The maximum atomic E-state index is 11.8. The van der Waals surface area contributed by atoms with Crippen molar-refractivity contribution in [3.05, 3.63) is 35.4 Å². The molecule has 0 bridgehead atoms. The Bertz CT molecular complexity index is 446. The second-order valence-electron chi connectivity index (χ2n) is 3.89. The molecule has 1 aromatic rings. The summed E-state index contributed by atoms with van der Waals surface area (Å²) < 4.78 is 5.51.